The first kappa shape index (κ1) is 29.0. The summed E-state index contributed by atoms with van der Waals surface area (Å²) in [7, 11) is -4.29. The standard InChI is InChI=1S/C24H17ClF2N4O3S2.C2H6/c1-3-5-17(28-2)19-6-4-7-20(35-19)36(33,34)31-18-9-8-16(26)21(22(18)27)23(32)15-12-30-24-14(15)10-13(25)11-29-24;1-2/h3,5-12,31H,1-2,4H2,(H,29,30);1-2H3/b17-5-;. The predicted octanol–water partition coefficient (Wildman–Crippen LogP) is 7.13. The number of nitrogens with one attached hydrogen (secondary N) is 2. The SMILES string of the molecule is C=C/C=C(\N=C)C1=CCC=C(S(=O)(=O)Nc2ccc(F)c(C(=O)c3c[nH]c4ncc(Cl)cc34)c2F)S1.CC. The maximum absolute atomic E-state index is 15.4. The van der Waals surface area contributed by atoms with Gasteiger partial charge in [0.25, 0.3) is 10.0 Å². The fraction of sp³-hybridized carbons (Fsp3) is 0.115. The van der Waals surface area contributed by atoms with Gasteiger partial charge >= 0.3 is 0 Å². The number of thioether (sulfide) groups is 1. The maximum Gasteiger partial charge on any atom is 0.268 e. The van der Waals surface area contributed by atoms with E-state index in [9.17, 15) is 17.6 Å². The molecule has 1 aliphatic heterocycles. The Balaban J connectivity index is 0.00000195. The van der Waals surface area contributed by atoms with Crippen LogP contribution in [0.1, 0.15) is 36.2 Å². The van der Waals surface area contributed by atoms with Crippen molar-refractivity contribution in [3.8, 4) is 0 Å². The van der Waals surface area contributed by atoms with Crippen molar-refractivity contribution in [1.29, 1.82) is 0 Å². The number of hydrogen-bond donors (Lipinski definition) is 2. The number of fused-ring (bicyclic) bond motifs is 1. The number of halogens is 3. The molecule has 0 radical (unpaired) electrons. The molecule has 2 N–H and O–H groups in total. The van der Waals surface area contributed by atoms with Crippen LogP contribution in [0.4, 0.5) is 14.5 Å². The first-order valence-electron chi connectivity index (χ1n) is 11.2. The van der Waals surface area contributed by atoms with E-state index in [0.717, 1.165) is 23.9 Å². The second kappa shape index (κ2) is 12.3. The number of aromatic nitrogens is 2. The highest BCUT2D eigenvalue weighted by molar-refractivity contribution is 8.21. The molecule has 0 spiro atoms. The Bertz CT molecular complexity index is 1630. The molecule has 4 rings (SSSR count). The van der Waals surface area contributed by atoms with Crippen LogP contribution in [0.15, 0.2) is 81.3 Å². The van der Waals surface area contributed by atoms with Crippen molar-refractivity contribution in [2.45, 2.75) is 20.3 Å². The van der Waals surface area contributed by atoms with E-state index in [1.54, 1.807) is 12.2 Å². The van der Waals surface area contributed by atoms with Crippen molar-refractivity contribution in [3.05, 3.63) is 104 Å². The lowest BCUT2D eigenvalue weighted by atomic mass is 10.0. The Morgan fingerprint density at radius 2 is 2.03 bits per heavy atom. The van der Waals surface area contributed by atoms with Gasteiger partial charge in [0.2, 0.25) is 5.78 Å². The van der Waals surface area contributed by atoms with Crippen molar-refractivity contribution >= 4 is 62.6 Å². The summed E-state index contributed by atoms with van der Waals surface area (Å²) in [6.07, 6.45) is 9.12. The lowest BCUT2D eigenvalue weighted by molar-refractivity contribution is 0.103. The van der Waals surface area contributed by atoms with Crippen LogP contribution >= 0.6 is 23.4 Å². The average molecular weight is 577 g/mol. The Morgan fingerprint density at radius 3 is 2.71 bits per heavy atom. The molecular formula is C26H23ClF2N4O3S2. The highest BCUT2D eigenvalue weighted by Gasteiger charge is 2.28. The van der Waals surface area contributed by atoms with Crippen molar-refractivity contribution < 1.29 is 22.0 Å². The van der Waals surface area contributed by atoms with Gasteiger partial charge in [-0.25, -0.2) is 22.2 Å². The minimum absolute atomic E-state index is 0.0726. The zero-order chi connectivity index (χ0) is 28.0. The van der Waals surface area contributed by atoms with E-state index in [1.807, 2.05) is 13.8 Å². The third kappa shape index (κ3) is 5.95. The number of aromatic amines is 1. The number of ketones is 1. The second-order valence-corrected chi connectivity index (χ2v) is 10.8. The van der Waals surface area contributed by atoms with Crippen molar-refractivity contribution in [1.82, 2.24) is 9.97 Å². The van der Waals surface area contributed by atoms with Gasteiger partial charge in [0, 0.05) is 28.2 Å². The molecule has 38 heavy (non-hydrogen) atoms. The van der Waals surface area contributed by atoms with Crippen molar-refractivity contribution in [2.24, 2.45) is 4.99 Å². The summed E-state index contributed by atoms with van der Waals surface area (Å²) >= 11 is 6.83. The summed E-state index contributed by atoms with van der Waals surface area (Å²) in [5.41, 5.74) is -0.864. The smallest absolute Gasteiger partial charge is 0.268 e. The molecule has 0 saturated carbocycles. The zero-order valence-electron chi connectivity index (χ0n) is 20.4. The second-order valence-electron chi connectivity index (χ2n) is 7.35. The van der Waals surface area contributed by atoms with E-state index in [4.69, 9.17) is 11.6 Å². The van der Waals surface area contributed by atoms with Gasteiger partial charge in [-0.1, -0.05) is 62.0 Å². The van der Waals surface area contributed by atoms with Gasteiger partial charge in [0.05, 0.1) is 22.0 Å². The number of hydrogen-bond acceptors (Lipinski definition) is 6. The van der Waals surface area contributed by atoms with E-state index < -0.39 is 38.7 Å². The Morgan fingerprint density at radius 1 is 1.29 bits per heavy atom. The zero-order valence-corrected chi connectivity index (χ0v) is 22.8. The number of anilines is 1. The molecule has 198 valence electrons. The Kier molecular flexibility index (Phi) is 9.42. The molecule has 2 aromatic heterocycles. The number of carbonyl (C=O) groups is 1. The van der Waals surface area contributed by atoms with Gasteiger partial charge in [-0.05, 0) is 37.4 Å². The molecule has 3 aromatic rings. The molecule has 3 heterocycles. The number of benzene rings is 1. The molecule has 0 atom stereocenters. The average Bonchev–Trinajstić information content (AvgIpc) is 3.33. The minimum Gasteiger partial charge on any atom is -0.345 e. The summed E-state index contributed by atoms with van der Waals surface area (Å²) in [5, 5.41) is 0.489. The van der Waals surface area contributed by atoms with E-state index in [1.165, 1.54) is 30.6 Å². The first-order valence-corrected chi connectivity index (χ1v) is 13.9. The minimum atomic E-state index is -4.29. The van der Waals surface area contributed by atoms with E-state index >= 15 is 4.39 Å². The first-order chi connectivity index (χ1) is 18.2. The third-order valence-corrected chi connectivity index (χ3v) is 8.33. The molecule has 0 saturated heterocycles. The van der Waals surface area contributed by atoms with E-state index in [2.05, 4.69) is 33.0 Å². The molecule has 12 heteroatoms. The Hall–Kier alpha value is -3.54. The largest absolute Gasteiger partial charge is 0.345 e. The summed E-state index contributed by atoms with van der Waals surface area (Å²) < 4.78 is 58.1. The van der Waals surface area contributed by atoms with Crippen LogP contribution in [0.2, 0.25) is 5.02 Å². The fourth-order valence-electron chi connectivity index (χ4n) is 3.43. The maximum atomic E-state index is 15.4. The van der Waals surface area contributed by atoms with E-state index in [-0.39, 0.29) is 26.6 Å². The number of pyridine rings is 1. The molecule has 0 bridgehead atoms. The summed E-state index contributed by atoms with van der Waals surface area (Å²) in [4.78, 5) is 24.3. The highest BCUT2D eigenvalue weighted by Crippen LogP contribution is 2.39. The number of sulfonamides is 1. The number of nitrogens with zero attached hydrogens (tertiary/aromatic N) is 2. The number of carbonyl (C=O) groups excluding carboxylic acids is 1. The van der Waals surface area contributed by atoms with Gasteiger partial charge in [-0.15, -0.1) is 0 Å². The van der Waals surface area contributed by atoms with Crippen LogP contribution in [0, 0.1) is 11.6 Å². The summed E-state index contributed by atoms with van der Waals surface area (Å²) in [6, 6.07) is 3.15. The number of rotatable bonds is 8. The normalized spacial score (nSPS) is 13.7. The molecular weight excluding hydrogens is 554 g/mol. The summed E-state index contributed by atoms with van der Waals surface area (Å²) in [6.45, 7) is 11.1. The quantitative estimate of drug-likeness (QED) is 0.169. The molecule has 7 nitrogen and oxygen atoms in total. The lowest BCUT2D eigenvalue weighted by Crippen LogP contribution is -2.17. The highest BCUT2D eigenvalue weighted by atomic mass is 35.5. The van der Waals surface area contributed by atoms with Crippen LogP contribution in [-0.4, -0.2) is 30.9 Å². The molecule has 1 aromatic carbocycles. The van der Waals surface area contributed by atoms with Gasteiger partial charge in [0.1, 0.15) is 15.7 Å². The van der Waals surface area contributed by atoms with Crippen LogP contribution in [0.5, 0.6) is 0 Å². The third-order valence-electron chi connectivity index (χ3n) is 5.07. The predicted molar refractivity (Wildman–Crippen MR) is 151 cm³/mol. The van der Waals surface area contributed by atoms with Crippen LogP contribution in [-0.2, 0) is 10.0 Å². The van der Waals surface area contributed by atoms with Crippen molar-refractivity contribution in [3.63, 3.8) is 0 Å². The molecule has 0 fully saturated rings. The van der Waals surface area contributed by atoms with Gasteiger partial charge < -0.3 is 4.98 Å². The van der Waals surface area contributed by atoms with Gasteiger partial charge in [-0.3, -0.25) is 14.5 Å². The van der Waals surface area contributed by atoms with Crippen LogP contribution < -0.4 is 4.72 Å². The number of aliphatic imine (C=N–C) groups is 1. The Labute approximate surface area is 228 Å². The van der Waals surface area contributed by atoms with Gasteiger partial charge in [0.15, 0.2) is 5.82 Å². The number of H-pyrrole nitrogens is 1. The van der Waals surface area contributed by atoms with Crippen LogP contribution in [0.25, 0.3) is 11.0 Å². The molecule has 0 unspecified atom stereocenters. The van der Waals surface area contributed by atoms with Gasteiger partial charge in [-0.2, -0.15) is 0 Å². The van der Waals surface area contributed by atoms with E-state index in [0.29, 0.717) is 16.2 Å². The monoisotopic (exact) mass is 576 g/mol. The molecule has 0 aliphatic carbocycles. The molecule has 1 aliphatic rings. The number of allylic oxidation sites excluding steroid dienone is 4. The van der Waals surface area contributed by atoms with Crippen LogP contribution in [0.3, 0.4) is 0 Å². The topological polar surface area (TPSA) is 104 Å². The summed E-state index contributed by atoms with van der Waals surface area (Å²) in [5.74, 6) is -3.52. The molecule has 0 amide bonds. The lowest BCUT2D eigenvalue weighted by Gasteiger charge is -2.17. The fourth-order valence-corrected chi connectivity index (χ4v) is 6.10. The van der Waals surface area contributed by atoms with Crippen molar-refractivity contribution in [2.75, 3.05) is 4.72 Å².